The average molecular weight is 529 g/mol. The van der Waals surface area contributed by atoms with Gasteiger partial charge in [0.1, 0.15) is 0 Å². The quantitative estimate of drug-likeness (QED) is 0.236. The molecule has 0 fully saturated rings. The molecule has 2 heterocycles. The summed E-state index contributed by atoms with van der Waals surface area (Å²) >= 11 is 1.86. The molecule has 0 amide bonds. The van der Waals surface area contributed by atoms with Crippen LogP contribution < -0.4 is 0 Å². The fourth-order valence-corrected chi connectivity index (χ4v) is 4.52. The second-order valence-corrected chi connectivity index (χ2v) is 7.04. The minimum absolute atomic E-state index is 0. The van der Waals surface area contributed by atoms with Gasteiger partial charge in [0.2, 0.25) is 0 Å². The smallest absolute Gasteiger partial charge is 0.0417 e. The number of hydrogen-bond acceptors (Lipinski definition) is 2. The molecule has 1 radical (unpaired) electrons. The van der Waals surface area contributed by atoms with Crippen LogP contribution in [0.1, 0.15) is 0 Å². The molecule has 2 aromatic heterocycles. The van der Waals surface area contributed by atoms with Crippen molar-refractivity contribution in [1.29, 1.82) is 0 Å². The molecule has 0 saturated heterocycles. The Balaban J connectivity index is 0.00000168. The molecule has 26 heavy (non-hydrogen) atoms. The summed E-state index contributed by atoms with van der Waals surface area (Å²) in [4.78, 5) is 4.45. The summed E-state index contributed by atoms with van der Waals surface area (Å²) in [6, 6.07) is 30.8. The molecule has 0 saturated carbocycles. The number of benzene rings is 3. The van der Waals surface area contributed by atoms with Crippen molar-refractivity contribution in [3.05, 3.63) is 91.1 Å². The molecular weight excluding hydrogens is 515 g/mol. The Morgan fingerprint density at radius 1 is 0.808 bits per heavy atom. The van der Waals surface area contributed by atoms with Crippen molar-refractivity contribution in [2.24, 2.45) is 0 Å². The van der Waals surface area contributed by atoms with E-state index in [4.69, 9.17) is 0 Å². The second kappa shape index (κ2) is 7.12. The van der Waals surface area contributed by atoms with Gasteiger partial charge in [0.15, 0.2) is 0 Å². The molecule has 0 aliphatic heterocycles. The van der Waals surface area contributed by atoms with Crippen LogP contribution >= 0.6 is 11.3 Å². The molecule has 0 aliphatic carbocycles. The van der Waals surface area contributed by atoms with Crippen molar-refractivity contribution in [2.75, 3.05) is 0 Å². The molecule has 5 aromatic rings. The maximum Gasteiger partial charge on any atom is 0.0417 e. The third kappa shape index (κ3) is 2.89. The monoisotopic (exact) mass is 529 g/mol. The van der Waals surface area contributed by atoms with E-state index >= 15 is 0 Å². The first-order chi connectivity index (χ1) is 12.4. The third-order valence-electron chi connectivity index (χ3n) is 4.46. The standard InChI is InChI=1S/C23H14NS.Ir/c1-2-13-22-19(9-1)20-11-6-10-18(23(20)25-22)16-7-5-8-17(15-16)21-12-3-4-14-24-21;/h1-7,9-15H;/q-1;. The van der Waals surface area contributed by atoms with Crippen LogP contribution in [0.4, 0.5) is 0 Å². The molecule has 3 heteroatoms. The summed E-state index contributed by atoms with van der Waals surface area (Å²) in [6.07, 6.45) is 1.82. The number of thiophene rings is 1. The maximum atomic E-state index is 4.45. The van der Waals surface area contributed by atoms with Crippen LogP contribution in [0.5, 0.6) is 0 Å². The largest absolute Gasteiger partial charge is 0.305 e. The van der Waals surface area contributed by atoms with E-state index < -0.39 is 0 Å². The number of pyridine rings is 1. The van der Waals surface area contributed by atoms with Crippen LogP contribution in [0.15, 0.2) is 85.1 Å². The van der Waals surface area contributed by atoms with Gasteiger partial charge in [-0.1, -0.05) is 54.1 Å². The Hall–Kier alpha value is -2.32. The van der Waals surface area contributed by atoms with Gasteiger partial charge in [0, 0.05) is 46.5 Å². The predicted molar refractivity (Wildman–Crippen MR) is 107 cm³/mol. The van der Waals surface area contributed by atoms with E-state index in [2.05, 4.69) is 65.6 Å². The molecule has 0 unspecified atom stereocenters. The van der Waals surface area contributed by atoms with Gasteiger partial charge < -0.3 is 4.98 Å². The van der Waals surface area contributed by atoms with E-state index in [1.807, 2.05) is 41.8 Å². The first-order valence-corrected chi connectivity index (χ1v) is 9.05. The van der Waals surface area contributed by atoms with E-state index in [9.17, 15) is 0 Å². The van der Waals surface area contributed by atoms with Gasteiger partial charge in [-0.05, 0) is 23.4 Å². The van der Waals surface area contributed by atoms with Gasteiger partial charge in [-0.3, -0.25) is 0 Å². The first-order valence-electron chi connectivity index (χ1n) is 8.24. The minimum Gasteiger partial charge on any atom is -0.305 e. The van der Waals surface area contributed by atoms with Gasteiger partial charge >= 0.3 is 0 Å². The summed E-state index contributed by atoms with van der Waals surface area (Å²) in [5.74, 6) is 0. The molecule has 3 aromatic carbocycles. The van der Waals surface area contributed by atoms with Crippen molar-refractivity contribution in [3.8, 4) is 22.4 Å². The predicted octanol–water partition coefficient (Wildman–Crippen LogP) is 6.58. The van der Waals surface area contributed by atoms with Crippen molar-refractivity contribution in [3.63, 3.8) is 0 Å². The summed E-state index contributed by atoms with van der Waals surface area (Å²) < 4.78 is 2.67. The number of nitrogens with zero attached hydrogens (tertiary/aromatic N) is 1. The molecule has 127 valence electrons. The van der Waals surface area contributed by atoms with Gasteiger partial charge in [-0.15, -0.1) is 41.2 Å². The van der Waals surface area contributed by atoms with Crippen LogP contribution in [-0.4, -0.2) is 4.98 Å². The molecule has 5 rings (SSSR count). The number of rotatable bonds is 2. The van der Waals surface area contributed by atoms with E-state index in [-0.39, 0.29) is 20.1 Å². The number of aromatic nitrogens is 1. The zero-order chi connectivity index (χ0) is 16.6. The first kappa shape index (κ1) is 17.1. The SMILES string of the molecule is [Ir].[c-]1ccc(-c2cccc3c2sc2ccccc23)cc1-c1ccccn1. The van der Waals surface area contributed by atoms with Gasteiger partial charge in [-0.25, -0.2) is 0 Å². The van der Waals surface area contributed by atoms with Crippen molar-refractivity contribution >= 4 is 31.5 Å². The Morgan fingerprint density at radius 3 is 2.54 bits per heavy atom. The van der Waals surface area contributed by atoms with Gasteiger partial charge in [0.25, 0.3) is 0 Å². The molecule has 1 nitrogen and oxygen atoms in total. The topological polar surface area (TPSA) is 12.9 Å². The summed E-state index contributed by atoms with van der Waals surface area (Å²) in [5, 5.41) is 2.65. The van der Waals surface area contributed by atoms with Crippen LogP contribution in [0.2, 0.25) is 0 Å². The fraction of sp³-hybridized carbons (Fsp3) is 0. The maximum absolute atomic E-state index is 4.45. The fourth-order valence-electron chi connectivity index (χ4n) is 3.28. The van der Waals surface area contributed by atoms with Crippen molar-refractivity contribution in [1.82, 2.24) is 4.98 Å². The summed E-state index contributed by atoms with van der Waals surface area (Å²) in [5.41, 5.74) is 4.45. The van der Waals surface area contributed by atoms with E-state index in [0.29, 0.717) is 0 Å². The Kier molecular flexibility index (Phi) is 4.69. The molecule has 0 aliphatic rings. The summed E-state index contributed by atoms with van der Waals surface area (Å²) in [7, 11) is 0. The molecule has 0 bridgehead atoms. The molecule has 0 atom stereocenters. The third-order valence-corrected chi connectivity index (χ3v) is 5.68. The number of fused-ring (bicyclic) bond motifs is 3. The Labute approximate surface area is 169 Å². The van der Waals surface area contributed by atoms with E-state index in [1.54, 1.807) is 0 Å². The normalized spacial score (nSPS) is 10.8. The molecular formula is C23H14IrNS-. The van der Waals surface area contributed by atoms with Crippen molar-refractivity contribution in [2.45, 2.75) is 0 Å². The van der Waals surface area contributed by atoms with Crippen molar-refractivity contribution < 1.29 is 20.1 Å². The van der Waals surface area contributed by atoms with Crippen LogP contribution in [0.25, 0.3) is 42.6 Å². The van der Waals surface area contributed by atoms with Gasteiger partial charge in [-0.2, -0.15) is 0 Å². The average Bonchev–Trinajstić information content (AvgIpc) is 3.07. The molecule has 0 N–H and O–H groups in total. The summed E-state index contributed by atoms with van der Waals surface area (Å²) in [6.45, 7) is 0. The van der Waals surface area contributed by atoms with Crippen LogP contribution in [0, 0.1) is 6.07 Å². The second-order valence-electron chi connectivity index (χ2n) is 5.99. The number of hydrogen-bond donors (Lipinski definition) is 0. The van der Waals surface area contributed by atoms with Crippen LogP contribution in [-0.2, 0) is 20.1 Å². The van der Waals surface area contributed by atoms with Crippen LogP contribution in [0.3, 0.4) is 0 Å². The minimum atomic E-state index is 0. The Morgan fingerprint density at radius 2 is 1.65 bits per heavy atom. The zero-order valence-corrected chi connectivity index (χ0v) is 17.0. The zero-order valence-electron chi connectivity index (χ0n) is 13.8. The van der Waals surface area contributed by atoms with E-state index in [0.717, 1.165) is 11.3 Å². The van der Waals surface area contributed by atoms with Gasteiger partial charge in [0.05, 0.1) is 0 Å². The molecule has 0 spiro atoms. The van der Waals surface area contributed by atoms with E-state index in [1.165, 1.54) is 31.3 Å². The Bertz CT molecular complexity index is 1190.